The Labute approximate surface area is 146 Å². The number of alkyl halides is 6. The fourth-order valence-corrected chi connectivity index (χ4v) is 3.41. The van der Waals surface area contributed by atoms with E-state index in [1.807, 2.05) is 0 Å². The van der Waals surface area contributed by atoms with Crippen molar-refractivity contribution in [3.63, 3.8) is 0 Å². The van der Waals surface area contributed by atoms with E-state index >= 15 is 0 Å². The molecule has 2 aromatic carbocycles. The first kappa shape index (κ1) is 20.4. The van der Waals surface area contributed by atoms with E-state index in [0.29, 0.717) is 10.4 Å². The molecular formula is C16H13F6NO2S. The van der Waals surface area contributed by atoms with Crippen molar-refractivity contribution in [1.29, 1.82) is 0 Å². The van der Waals surface area contributed by atoms with Crippen LogP contribution in [0.5, 0.6) is 0 Å². The lowest BCUT2D eigenvalue weighted by molar-refractivity contribution is -0.138. The molecule has 0 saturated carbocycles. The maximum atomic E-state index is 12.7. The Balaban J connectivity index is 2.29. The summed E-state index contributed by atoms with van der Waals surface area (Å²) < 4.78 is 102. The molecule has 0 radical (unpaired) electrons. The van der Waals surface area contributed by atoms with Crippen LogP contribution in [0.1, 0.15) is 16.7 Å². The van der Waals surface area contributed by atoms with Crippen LogP contribution >= 0.6 is 0 Å². The summed E-state index contributed by atoms with van der Waals surface area (Å²) in [7, 11) is -3.24. The topological polar surface area (TPSA) is 43.4 Å². The lowest BCUT2D eigenvalue weighted by atomic mass is 10.1. The Morgan fingerprint density at radius 1 is 0.923 bits per heavy atom. The summed E-state index contributed by atoms with van der Waals surface area (Å²) in [6.45, 7) is -0.428. The first-order valence-electron chi connectivity index (χ1n) is 7.11. The second-order valence-electron chi connectivity index (χ2n) is 5.48. The van der Waals surface area contributed by atoms with Gasteiger partial charge in [-0.25, -0.2) is 0 Å². The van der Waals surface area contributed by atoms with Gasteiger partial charge in [0.1, 0.15) is 0 Å². The maximum absolute atomic E-state index is 12.7. The highest BCUT2D eigenvalue weighted by Gasteiger charge is 2.35. The van der Waals surface area contributed by atoms with Crippen molar-refractivity contribution in [2.75, 3.05) is 7.05 Å². The standard InChI is InChI=1S/C16H13F6NO2S/c1-23(10-11-4-2-5-12(8-11)15(17,18)19)26(24,25)14-7-3-6-13(9-14)16(20,21)22/h2-9H,10H2,1H3. The zero-order valence-electron chi connectivity index (χ0n) is 13.3. The zero-order chi connectivity index (χ0) is 19.8. The number of nitrogens with zero attached hydrogens (tertiary/aromatic N) is 1. The van der Waals surface area contributed by atoms with E-state index in [1.54, 1.807) is 0 Å². The molecule has 3 nitrogen and oxygen atoms in total. The molecule has 2 rings (SSSR count). The van der Waals surface area contributed by atoms with Crippen molar-refractivity contribution in [1.82, 2.24) is 4.31 Å². The number of sulfonamides is 1. The molecule has 2 aromatic rings. The molecule has 1 atom stereocenters. The molecule has 0 N–H and O–H groups in total. The molecule has 0 aliphatic heterocycles. The van der Waals surface area contributed by atoms with Gasteiger partial charge in [-0.05, 0) is 23.8 Å². The molecule has 26 heavy (non-hydrogen) atoms. The number of hydrogen-bond acceptors (Lipinski definition) is 2. The third-order valence-corrected chi connectivity index (χ3v) is 5.33. The molecule has 10 heteroatoms. The molecule has 0 aliphatic rings. The Morgan fingerprint density at radius 3 is 1.96 bits per heavy atom. The highest BCUT2D eigenvalue weighted by atomic mass is 32.3. The van der Waals surface area contributed by atoms with Crippen molar-refractivity contribution in [2.45, 2.75) is 23.8 Å². The molecule has 0 heterocycles. The molecular weight excluding hydrogens is 384 g/mol. The minimum atomic E-state index is -4.72. The number of hydrogen-bond donors (Lipinski definition) is 0. The van der Waals surface area contributed by atoms with E-state index in [1.165, 1.54) is 6.07 Å². The van der Waals surface area contributed by atoms with Crippen LogP contribution in [0, 0.1) is 0 Å². The van der Waals surface area contributed by atoms with Gasteiger partial charge in [-0.2, -0.15) is 26.3 Å². The molecule has 0 amide bonds. The van der Waals surface area contributed by atoms with E-state index in [9.17, 15) is 35.1 Å². The second kappa shape index (κ2) is 7.01. The van der Waals surface area contributed by atoms with Crippen LogP contribution in [0.3, 0.4) is 0 Å². The predicted molar refractivity (Wildman–Crippen MR) is 81.4 cm³/mol. The van der Waals surface area contributed by atoms with Crippen LogP contribution in [-0.4, -0.2) is 15.9 Å². The zero-order valence-corrected chi connectivity index (χ0v) is 14.1. The van der Waals surface area contributed by atoms with Crippen molar-refractivity contribution < 1.29 is 35.1 Å². The van der Waals surface area contributed by atoms with Gasteiger partial charge in [0.05, 0.1) is 17.7 Å². The Morgan fingerprint density at radius 2 is 1.42 bits per heavy atom. The van der Waals surface area contributed by atoms with Gasteiger partial charge < -0.3 is 4.55 Å². The molecule has 0 aliphatic carbocycles. The normalized spacial score (nSPS) is 15.1. The van der Waals surface area contributed by atoms with Gasteiger partial charge in [0, 0.05) is 13.1 Å². The molecule has 142 valence electrons. The third kappa shape index (κ3) is 4.63. The number of halogens is 6. The van der Waals surface area contributed by atoms with Crippen molar-refractivity contribution in [3.8, 4) is 0 Å². The number of rotatable bonds is 4. The Bertz CT molecular complexity index is 834. The van der Waals surface area contributed by atoms with Gasteiger partial charge in [-0.15, -0.1) is 4.31 Å². The average molecular weight is 397 g/mol. The molecule has 0 spiro atoms. The highest BCUT2D eigenvalue weighted by Crippen LogP contribution is 2.33. The van der Waals surface area contributed by atoms with Gasteiger partial charge in [0.15, 0.2) is 15.3 Å². The molecule has 0 saturated heterocycles. The second-order valence-corrected chi connectivity index (χ2v) is 7.53. The molecule has 0 fully saturated rings. The molecule has 1 unspecified atom stereocenters. The molecule has 0 aromatic heterocycles. The van der Waals surface area contributed by atoms with Crippen molar-refractivity contribution >= 4 is 10.4 Å². The van der Waals surface area contributed by atoms with Gasteiger partial charge in [-0.1, -0.05) is 28.5 Å². The fourth-order valence-electron chi connectivity index (χ4n) is 2.20. The van der Waals surface area contributed by atoms with Crippen LogP contribution in [0.25, 0.3) is 0 Å². The number of benzene rings is 2. The summed E-state index contributed by atoms with van der Waals surface area (Å²) in [5, 5.41) is 0. The summed E-state index contributed by atoms with van der Waals surface area (Å²) in [6, 6.07) is 7.21. The van der Waals surface area contributed by atoms with Crippen LogP contribution < -0.4 is 0 Å². The SMILES string of the molecule is CN(Cc1cccc(C(F)(F)F)c1)[S+](=O)([O-])c1cccc(C(F)(F)F)c1. The van der Waals surface area contributed by atoms with Gasteiger partial charge >= 0.3 is 12.4 Å². The third-order valence-electron chi connectivity index (χ3n) is 3.53. The first-order chi connectivity index (χ1) is 11.8. The summed E-state index contributed by atoms with van der Waals surface area (Å²) >= 11 is 0. The van der Waals surface area contributed by atoms with Crippen molar-refractivity contribution in [3.05, 3.63) is 65.2 Å². The largest absolute Gasteiger partial charge is 0.593 e. The van der Waals surface area contributed by atoms with Gasteiger partial charge in [0.25, 0.3) is 0 Å². The quantitative estimate of drug-likeness (QED) is 0.552. The highest BCUT2D eigenvalue weighted by molar-refractivity contribution is 7.95. The summed E-state index contributed by atoms with van der Waals surface area (Å²) in [6.07, 6.45) is -9.31. The lowest BCUT2D eigenvalue weighted by Gasteiger charge is -2.24. The van der Waals surface area contributed by atoms with E-state index in [4.69, 9.17) is 0 Å². The monoisotopic (exact) mass is 397 g/mol. The minimum Gasteiger partial charge on any atom is -0.593 e. The summed E-state index contributed by atoms with van der Waals surface area (Å²) in [4.78, 5) is -0.596. The van der Waals surface area contributed by atoms with E-state index in [0.717, 1.165) is 43.4 Å². The first-order valence-corrected chi connectivity index (χ1v) is 8.55. The van der Waals surface area contributed by atoms with Crippen LogP contribution in [-0.2, 0) is 33.5 Å². The lowest BCUT2D eigenvalue weighted by Crippen LogP contribution is -2.32. The average Bonchev–Trinajstić information content (AvgIpc) is 2.53. The fraction of sp³-hybridized carbons (Fsp3) is 0.250. The Kier molecular flexibility index (Phi) is 5.50. The smallest absolute Gasteiger partial charge is 0.416 e. The molecule has 0 bridgehead atoms. The summed E-state index contributed by atoms with van der Waals surface area (Å²) in [5.74, 6) is 0. The van der Waals surface area contributed by atoms with Crippen LogP contribution in [0.15, 0.2) is 53.4 Å². The van der Waals surface area contributed by atoms with Gasteiger partial charge in [0.2, 0.25) is 0 Å². The van der Waals surface area contributed by atoms with Crippen LogP contribution in [0.4, 0.5) is 26.3 Å². The predicted octanol–water partition coefficient (Wildman–Crippen LogP) is 4.76. The van der Waals surface area contributed by atoms with Gasteiger partial charge in [-0.3, -0.25) is 0 Å². The summed E-state index contributed by atoms with van der Waals surface area (Å²) in [5.41, 5.74) is -2.02. The van der Waals surface area contributed by atoms with E-state index in [-0.39, 0.29) is 5.56 Å². The Hall–Kier alpha value is -1.91. The maximum Gasteiger partial charge on any atom is 0.416 e. The van der Waals surface area contributed by atoms with Crippen molar-refractivity contribution in [2.24, 2.45) is 0 Å². The van der Waals surface area contributed by atoms with E-state index < -0.39 is 45.3 Å². The van der Waals surface area contributed by atoms with E-state index in [2.05, 4.69) is 0 Å². The van der Waals surface area contributed by atoms with Crippen LogP contribution in [0.2, 0.25) is 0 Å². The minimum absolute atomic E-state index is 0.0536.